The van der Waals surface area contributed by atoms with E-state index in [0.717, 1.165) is 24.0 Å². The van der Waals surface area contributed by atoms with Gasteiger partial charge in [-0.3, -0.25) is 4.68 Å². The summed E-state index contributed by atoms with van der Waals surface area (Å²) >= 11 is 0. The summed E-state index contributed by atoms with van der Waals surface area (Å²) < 4.78 is 29.2. The molecule has 0 radical (unpaired) electrons. The average molecular weight is 319 g/mol. The van der Waals surface area contributed by atoms with Gasteiger partial charge in [-0.1, -0.05) is 17.7 Å². The van der Waals surface area contributed by atoms with Crippen molar-refractivity contribution in [2.24, 2.45) is 0 Å². The van der Waals surface area contributed by atoms with Crippen molar-refractivity contribution in [3.05, 3.63) is 47.8 Å². The van der Waals surface area contributed by atoms with E-state index in [-0.39, 0.29) is 0 Å². The van der Waals surface area contributed by atoms with Crippen LogP contribution in [0.15, 0.2) is 41.6 Å². The number of piperidine rings is 1. The molecule has 22 heavy (non-hydrogen) atoms. The number of sulfonamides is 1. The molecule has 0 unspecified atom stereocenters. The molecule has 3 rings (SSSR count). The van der Waals surface area contributed by atoms with Crippen LogP contribution in [0.1, 0.15) is 30.0 Å². The van der Waals surface area contributed by atoms with Crippen LogP contribution in [0.25, 0.3) is 0 Å². The highest BCUT2D eigenvalue weighted by molar-refractivity contribution is 7.89. The highest BCUT2D eigenvalue weighted by Gasteiger charge is 2.30. The minimum absolute atomic E-state index is 0.292. The van der Waals surface area contributed by atoms with E-state index >= 15 is 0 Å². The first-order valence-electron chi connectivity index (χ1n) is 7.55. The van der Waals surface area contributed by atoms with Gasteiger partial charge < -0.3 is 0 Å². The number of aryl methyl sites for hydroxylation is 2. The maximum absolute atomic E-state index is 12.8. The first kappa shape index (κ1) is 15.2. The summed E-state index contributed by atoms with van der Waals surface area (Å²) in [6, 6.07) is 7.69. The standard InChI is InChI=1S/C16H21N3O2S/c1-13-4-5-16(14(2)12-13)22(20,21)18-10-6-15(7-11-18)19-9-3-8-17-19/h3-5,8-9,12,15H,6-7,10-11H2,1-2H3. The Balaban J connectivity index is 1.77. The minimum atomic E-state index is -3.40. The van der Waals surface area contributed by atoms with Crippen LogP contribution < -0.4 is 0 Å². The maximum Gasteiger partial charge on any atom is 0.243 e. The molecule has 118 valence electrons. The van der Waals surface area contributed by atoms with Gasteiger partial charge in [-0.2, -0.15) is 9.40 Å². The van der Waals surface area contributed by atoms with E-state index in [2.05, 4.69) is 5.10 Å². The van der Waals surface area contributed by atoms with Gasteiger partial charge in [-0.15, -0.1) is 0 Å². The van der Waals surface area contributed by atoms with E-state index in [1.54, 1.807) is 16.6 Å². The third-order valence-corrected chi connectivity index (χ3v) is 6.33. The van der Waals surface area contributed by atoms with E-state index < -0.39 is 10.0 Å². The molecule has 1 aliphatic rings. The summed E-state index contributed by atoms with van der Waals surface area (Å²) in [6.07, 6.45) is 5.30. The second-order valence-electron chi connectivity index (χ2n) is 5.89. The maximum atomic E-state index is 12.8. The molecule has 1 aromatic heterocycles. The van der Waals surface area contributed by atoms with Crippen LogP contribution in [0.3, 0.4) is 0 Å². The number of nitrogens with zero attached hydrogens (tertiary/aromatic N) is 3. The van der Waals surface area contributed by atoms with Gasteiger partial charge in [0.25, 0.3) is 0 Å². The van der Waals surface area contributed by atoms with Crippen molar-refractivity contribution in [2.45, 2.75) is 37.6 Å². The molecular formula is C16H21N3O2S. The van der Waals surface area contributed by atoms with Crippen molar-refractivity contribution in [3.63, 3.8) is 0 Å². The van der Waals surface area contributed by atoms with Gasteiger partial charge in [-0.05, 0) is 44.4 Å². The molecule has 0 N–H and O–H groups in total. The Bertz CT molecular complexity index is 746. The number of hydrogen-bond acceptors (Lipinski definition) is 3. The summed E-state index contributed by atoms with van der Waals surface area (Å²) in [5.41, 5.74) is 1.89. The summed E-state index contributed by atoms with van der Waals surface area (Å²) in [5.74, 6) is 0. The molecule has 0 saturated carbocycles. The first-order valence-corrected chi connectivity index (χ1v) is 8.99. The summed E-state index contributed by atoms with van der Waals surface area (Å²) in [5, 5.41) is 4.26. The topological polar surface area (TPSA) is 55.2 Å². The van der Waals surface area contributed by atoms with E-state index in [0.29, 0.717) is 24.0 Å². The average Bonchev–Trinajstić information content (AvgIpc) is 3.01. The fourth-order valence-corrected chi connectivity index (χ4v) is 4.75. The van der Waals surface area contributed by atoms with Crippen molar-refractivity contribution < 1.29 is 8.42 Å². The van der Waals surface area contributed by atoms with Crippen molar-refractivity contribution in [3.8, 4) is 0 Å². The predicted molar refractivity (Wildman–Crippen MR) is 85.2 cm³/mol. The van der Waals surface area contributed by atoms with Crippen LogP contribution in [0.2, 0.25) is 0 Å². The Kier molecular flexibility index (Phi) is 4.06. The lowest BCUT2D eigenvalue weighted by Gasteiger charge is -2.31. The van der Waals surface area contributed by atoms with E-state index in [1.807, 2.05) is 42.9 Å². The number of rotatable bonds is 3. The van der Waals surface area contributed by atoms with Gasteiger partial charge in [0.1, 0.15) is 0 Å². The van der Waals surface area contributed by atoms with Crippen LogP contribution in [-0.2, 0) is 10.0 Å². The van der Waals surface area contributed by atoms with Crippen molar-refractivity contribution in [2.75, 3.05) is 13.1 Å². The third-order valence-electron chi connectivity index (χ3n) is 4.27. The zero-order valence-electron chi connectivity index (χ0n) is 12.9. The van der Waals surface area contributed by atoms with E-state index in [4.69, 9.17) is 0 Å². The van der Waals surface area contributed by atoms with Crippen LogP contribution in [0.4, 0.5) is 0 Å². The van der Waals surface area contributed by atoms with Crippen LogP contribution in [0.5, 0.6) is 0 Å². The lowest BCUT2D eigenvalue weighted by Crippen LogP contribution is -2.39. The van der Waals surface area contributed by atoms with Crippen molar-refractivity contribution in [1.29, 1.82) is 0 Å². The molecule has 0 spiro atoms. The smallest absolute Gasteiger partial charge is 0.243 e. The molecule has 2 aromatic rings. The van der Waals surface area contributed by atoms with Gasteiger partial charge in [0.2, 0.25) is 10.0 Å². The molecule has 0 atom stereocenters. The van der Waals surface area contributed by atoms with E-state index in [9.17, 15) is 8.42 Å². The summed E-state index contributed by atoms with van der Waals surface area (Å²) in [4.78, 5) is 0.427. The number of hydrogen-bond donors (Lipinski definition) is 0. The number of aromatic nitrogens is 2. The third kappa shape index (κ3) is 2.80. The largest absolute Gasteiger partial charge is 0.270 e. The molecule has 1 aliphatic heterocycles. The van der Waals surface area contributed by atoms with Crippen LogP contribution in [-0.4, -0.2) is 35.6 Å². The summed E-state index contributed by atoms with van der Waals surface area (Å²) in [7, 11) is -3.40. The molecule has 0 aliphatic carbocycles. The van der Waals surface area contributed by atoms with Gasteiger partial charge >= 0.3 is 0 Å². The molecule has 0 bridgehead atoms. The molecule has 1 aromatic carbocycles. The normalized spacial score (nSPS) is 17.7. The van der Waals surface area contributed by atoms with Gasteiger partial charge in [-0.25, -0.2) is 8.42 Å². The highest BCUT2D eigenvalue weighted by Crippen LogP contribution is 2.27. The predicted octanol–water partition coefficient (Wildman–Crippen LogP) is 2.53. The Morgan fingerprint density at radius 2 is 1.91 bits per heavy atom. The van der Waals surface area contributed by atoms with Crippen molar-refractivity contribution >= 4 is 10.0 Å². The quantitative estimate of drug-likeness (QED) is 0.873. The SMILES string of the molecule is Cc1ccc(S(=O)(=O)N2CCC(n3cccn3)CC2)c(C)c1. The molecule has 1 saturated heterocycles. The Morgan fingerprint density at radius 1 is 1.18 bits per heavy atom. The second-order valence-corrected chi connectivity index (χ2v) is 7.80. The van der Waals surface area contributed by atoms with Crippen LogP contribution in [0, 0.1) is 13.8 Å². The molecule has 6 heteroatoms. The molecular weight excluding hydrogens is 298 g/mol. The lowest BCUT2D eigenvalue weighted by molar-refractivity contribution is 0.261. The zero-order chi connectivity index (χ0) is 15.7. The fraction of sp³-hybridized carbons (Fsp3) is 0.438. The number of benzene rings is 1. The molecule has 0 amide bonds. The van der Waals surface area contributed by atoms with Crippen LogP contribution >= 0.6 is 0 Å². The monoisotopic (exact) mass is 319 g/mol. The lowest BCUT2D eigenvalue weighted by atomic mass is 10.1. The summed E-state index contributed by atoms with van der Waals surface area (Å²) in [6.45, 7) is 4.91. The van der Waals surface area contributed by atoms with Gasteiger partial charge in [0.15, 0.2) is 0 Å². The fourth-order valence-electron chi connectivity index (χ4n) is 3.07. The van der Waals surface area contributed by atoms with Crippen molar-refractivity contribution in [1.82, 2.24) is 14.1 Å². The van der Waals surface area contributed by atoms with Gasteiger partial charge in [0, 0.05) is 25.5 Å². The van der Waals surface area contributed by atoms with E-state index in [1.165, 1.54) is 0 Å². The Hall–Kier alpha value is -1.66. The molecule has 1 fully saturated rings. The molecule has 2 heterocycles. The molecule has 5 nitrogen and oxygen atoms in total. The van der Waals surface area contributed by atoms with Gasteiger partial charge in [0.05, 0.1) is 10.9 Å². The Labute approximate surface area is 131 Å². The minimum Gasteiger partial charge on any atom is -0.270 e. The second kappa shape index (κ2) is 5.85. The Morgan fingerprint density at radius 3 is 2.50 bits per heavy atom. The first-order chi connectivity index (χ1) is 10.5. The highest BCUT2D eigenvalue weighted by atomic mass is 32.2. The zero-order valence-corrected chi connectivity index (χ0v) is 13.8.